The number of nitrogens with one attached hydrogen (secondary N) is 2. The molecule has 1 aliphatic heterocycles. The zero-order chi connectivity index (χ0) is 17.5. The standard InChI is InChI=1S/C16H22N6O2S/c1-21-16(18-19-20-21)25-12-15(23)17-10-13-4-2-3-5-14(13)11-22-6-8-24-9-7-22/h2-5H,6-12H2,1H3,(H,17,23)/p+1. The molecule has 2 N–H and O–H groups in total. The minimum absolute atomic E-state index is 0.0264. The number of hydrogen-bond acceptors (Lipinski definition) is 6. The first kappa shape index (κ1) is 17.8. The summed E-state index contributed by atoms with van der Waals surface area (Å²) in [5, 5.41) is 14.8. The molecule has 9 heteroatoms. The van der Waals surface area contributed by atoms with E-state index in [1.54, 1.807) is 11.7 Å². The van der Waals surface area contributed by atoms with Crippen LogP contribution in [0.4, 0.5) is 0 Å². The summed E-state index contributed by atoms with van der Waals surface area (Å²) < 4.78 is 6.97. The fourth-order valence-electron chi connectivity index (χ4n) is 2.73. The highest BCUT2D eigenvalue weighted by Gasteiger charge is 2.16. The zero-order valence-electron chi connectivity index (χ0n) is 14.3. The van der Waals surface area contributed by atoms with Crippen LogP contribution in [0.3, 0.4) is 0 Å². The maximum absolute atomic E-state index is 12.1. The smallest absolute Gasteiger partial charge is 0.230 e. The van der Waals surface area contributed by atoms with Crippen LogP contribution in [0.25, 0.3) is 0 Å². The van der Waals surface area contributed by atoms with Crippen LogP contribution in [-0.2, 0) is 29.7 Å². The predicted molar refractivity (Wildman–Crippen MR) is 93.0 cm³/mol. The number of hydrogen-bond donors (Lipinski definition) is 2. The van der Waals surface area contributed by atoms with Crippen molar-refractivity contribution in [2.45, 2.75) is 18.2 Å². The van der Waals surface area contributed by atoms with Crippen molar-refractivity contribution in [3.05, 3.63) is 35.4 Å². The van der Waals surface area contributed by atoms with E-state index in [4.69, 9.17) is 4.74 Å². The number of morpholine rings is 1. The second-order valence-corrected chi connectivity index (χ2v) is 6.90. The normalized spacial score (nSPS) is 15.2. The number of rotatable bonds is 7. The third-order valence-electron chi connectivity index (χ3n) is 4.15. The number of aryl methyl sites for hydroxylation is 1. The Kier molecular flexibility index (Phi) is 6.37. The van der Waals surface area contributed by atoms with Gasteiger partial charge in [-0.15, -0.1) is 5.10 Å². The van der Waals surface area contributed by atoms with Crippen molar-refractivity contribution in [1.82, 2.24) is 25.5 Å². The largest absolute Gasteiger partial charge is 0.370 e. The maximum atomic E-state index is 12.1. The van der Waals surface area contributed by atoms with Crippen LogP contribution in [0.15, 0.2) is 29.4 Å². The lowest BCUT2D eigenvalue weighted by Gasteiger charge is -2.24. The number of amides is 1. The average Bonchev–Trinajstić information content (AvgIpc) is 3.05. The molecule has 0 bridgehead atoms. The Morgan fingerprint density at radius 3 is 2.80 bits per heavy atom. The summed E-state index contributed by atoms with van der Waals surface area (Å²) >= 11 is 1.33. The van der Waals surface area contributed by atoms with E-state index in [0.717, 1.165) is 32.8 Å². The van der Waals surface area contributed by atoms with Crippen LogP contribution in [-0.4, -0.2) is 58.2 Å². The Morgan fingerprint density at radius 2 is 2.08 bits per heavy atom. The van der Waals surface area contributed by atoms with Crippen LogP contribution in [0.5, 0.6) is 0 Å². The minimum Gasteiger partial charge on any atom is -0.370 e. The van der Waals surface area contributed by atoms with Gasteiger partial charge in [0, 0.05) is 19.2 Å². The van der Waals surface area contributed by atoms with E-state index in [1.165, 1.54) is 27.8 Å². The maximum Gasteiger partial charge on any atom is 0.230 e. The molecule has 0 aliphatic carbocycles. The van der Waals surface area contributed by atoms with Gasteiger partial charge in [0.2, 0.25) is 11.1 Å². The Labute approximate surface area is 150 Å². The highest BCUT2D eigenvalue weighted by molar-refractivity contribution is 7.99. The van der Waals surface area contributed by atoms with E-state index in [-0.39, 0.29) is 5.91 Å². The molecule has 1 aromatic carbocycles. The van der Waals surface area contributed by atoms with Gasteiger partial charge in [0.15, 0.2) is 0 Å². The fourth-order valence-corrected chi connectivity index (χ4v) is 3.41. The van der Waals surface area contributed by atoms with Crippen LogP contribution in [0.2, 0.25) is 0 Å². The first-order chi connectivity index (χ1) is 12.2. The van der Waals surface area contributed by atoms with Gasteiger partial charge in [-0.25, -0.2) is 4.68 Å². The highest BCUT2D eigenvalue weighted by Crippen LogP contribution is 2.12. The molecule has 1 aliphatic rings. The van der Waals surface area contributed by atoms with Crippen molar-refractivity contribution in [3.63, 3.8) is 0 Å². The third kappa shape index (κ3) is 5.25. The second-order valence-electron chi connectivity index (χ2n) is 5.96. The van der Waals surface area contributed by atoms with Gasteiger partial charge in [0.05, 0.1) is 19.0 Å². The number of nitrogens with zero attached hydrogens (tertiary/aromatic N) is 4. The SMILES string of the molecule is Cn1nnnc1SCC(=O)NCc1ccccc1C[NH+]1CCOCC1. The van der Waals surface area contributed by atoms with E-state index in [0.29, 0.717) is 17.5 Å². The summed E-state index contributed by atoms with van der Waals surface area (Å²) in [5.41, 5.74) is 2.45. The van der Waals surface area contributed by atoms with Crippen molar-refractivity contribution >= 4 is 17.7 Å². The fraction of sp³-hybridized carbons (Fsp3) is 0.500. The number of benzene rings is 1. The first-order valence-electron chi connectivity index (χ1n) is 8.32. The number of quaternary nitrogens is 1. The molecule has 0 radical (unpaired) electrons. The van der Waals surface area contributed by atoms with Crippen LogP contribution < -0.4 is 10.2 Å². The van der Waals surface area contributed by atoms with Crippen LogP contribution >= 0.6 is 11.8 Å². The average molecular weight is 363 g/mol. The molecule has 0 atom stereocenters. The number of carbonyl (C=O) groups is 1. The van der Waals surface area contributed by atoms with E-state index >= 15 is 0 Å². The van der Waals surface area contributed by atoms with Crippen molar-refractivity contribution in [2.75, 3.05) is 32.1 Å². The highest BCUT2D eigenvalue weighted by atomic mass is 32.2. The molecule has 8 nitrogen and oxygen atoms in total. The van der Waals surface area contributed by atoms with Gasteiger partial charge in [-0.1, -0.05) is 36.0 Å². The number of tetrazole rings is 1. The topological polar surface area (TPSA) is 86.4 Å². The van der Waals surface area contributed by atoms with Gasteiger partial charge in [0.1, 0.15) is 19.6 Å². The molecule has 1 amide bonds. The van der Waals surface area contributed by atoms with Gasteiger partial charge in [-0.05, 0) is 16.0 Å². The summed E-state index contributed by atoms with van der Waals surface area (Å²) in [5.74, 6) is 0.270. The van der Waals surface area contributed by atoms with Crippen LogP contribution in [0.1, 0.15) is 11.1 Å². The summed E-state index contributed by atoms with van der Waals surface area (Å²) in [6.45, 7) is 5.21. The molecule has 3 rings (SSSR count). The van der Waals surface area contributed by atoms with E-state index in [1.807, 2.05) is 6.07 Å². The summed E-state index contributed by atoms with van der Waals surface area (Å²) in [4.78, 5) is 13.6. The van der Waals surface area contributed by atoms with Crippen molar-refractivity contribution < 1.29 is 14.4 Å². The summed E-state index contributed by atoms with van der Waals surface area (Å²) in [7, 11) is 1.75. The number of aromatic nitrogens is 4. The van der Waals surface area contributed by atoms with E-state index in [2.05, 4.69) is 39.0 Å². The molecular formula is C16H23N6O2S+. The lowest BCUT2D eigenvalue weighted by Crippen LogP contribution is -3.12. The molecule has 1 fully saturated rings. The number of thioether (sulfide) groups is 1. The van der Waals surface area contributed by atoms with E-state index < -0.39 is 0 Å². The molecule has 0 saturated carbocycles. The van der Waals surface area contributed by atoms with Crippen molar-refractivity contribution in [1.29, 1.82) is 0 Å². The molecule has 1 saturated heterocycles. The minimum atomic E-state index is -0.0264. The van der Waals surface area contributed by atoms with E-state index in [9.17, 15) is 4.79 Å². The first-order valence-corrected chi connectivity index (χ1v) is 9.31. The Bertz CT molecular complexity index is 701. The molecule has 25 heavy (non-hydrogen) atoms. The number of carbonyl (C=O) groups excluding carboxylic acids is 1. The lowest BCUT2D eigenvalue weighted by atomic mass is 10.1. The van der Waals surface area contributed by atoms with Gasteiger partial charge in [0.25, 0.3) is 0 Å². The molecular weight excluding hydrogens is 340 g/mol. The molecule has 2 heterocycles. The summed E-state index contributed by atoms with van der Waals surface area (Å²) in [6, 6.07) is 8.29. The predicted octanol–water partition coefficient (Wildman–Crippen LogP) is -0.966. The lowest BCUT2D eigenvalue weighted by molar-refractivity contribution is -0.921. The van der Waals surface area contributed by atoms with Gasteiger partial charge < -0.3 is 15.0 Å². The summed E-state index contributed by atoms with van der Waals surface area (Å²) in [6.07, 6.45) is 0. The molecule has 2 aromatic rings. The van der Waals surface area contributed by atoms with Crippen LogP contribution in [0, 0.1) is 0 Å². The number of ether oxygens (including phenoxy) is 1. The Morgan fingerprint density at radius 1 is 1.32 bits per heavy atom. The third-order valence-corrected chi connectivity index (χ3v) is 5.16. The quantitative estimate of drug-likeness (QED) is 0.616. The second kappa shape index (κ2) is 8.93. The molecule has 0 spiro atoms. The van der Waals surface area contributed by atoms with Crippen molar-refractivity contribution in [3.8, 4) is 0 Å². The monoisotopic (exact) mass is 363 g/mol. The Balaban J connectivity index is 1.50. The molecule has 134 valence electrons. The zero-order valence-corrected chi connectivity index (χ0v) is 15.1. The van der Waals surface area contributed by atoms with Gasteiger partial charge >= 0.3 is 0 Å². The molecule has 0 unspecified atom stereocenters. The van der Waals surface area contributed by atoms with Gasteiger partial charge in [-0.3, -0.25) is 4.79 Å². The molecule has 1 aromatic heterocycles. The van der Waals surface area contributed by atoms with Crippen molar-refractivity contribution in [2.24, 2.45) is 7.05 Å². The van der Waals surface area contributed by atoms with Gasteiger partial charge in [-0.2, -0.15) is 0 Å². The Hall–Kier alpha value is -1.97.